The highest BCUT2D eigenvalue weighted by atomic mass is 19.1. The van der Waals surface area contributed by atoms with Crippen LogP contribution in [0.3, 0.4) is 0 Å². The number of benzene rings is 1. The Bertz CT molecular complexity index is 1170. The Balaban J connectivity index is 1.75. The highest BCUT2D eigenvalue weighted by Gasteiger charge is 2.27. The molecule has 4 rings (SSSR count). The molecular weight excluding hydrogens is 421 g/mol. The average Bonchev–Trinajstić information content (AvgIpc) is 2.79. The summed E-state index contributed by atoms with van der Waals surface area (Å²) in [5, 5.41) is 0. The molecule has 4 N–H and O–H groups in total. The predicted molar refractivity (Wildman–Crippen MR) is 127 cm³/mol. The maximum absolute atomic E-state index is 14.8. The van der Waals surface area contributed by atoms with E-state index in [9.17, 15) is 9.18 Å². The first-order valence-corrected chi connectivity index (χ1v) is 10.9. The molecule has 172 valence electrons. The number of amides is 1. The lowest BCUT2D eigenvalue weighted by atomic mass is 9.97. The van der Waals surface area contributed by atoms with Crippen molar-refractivity contribution in [3.05, 3.63) is 53.6 Å². The molecule has 1 amide bonds. The second kappa shape index (κ2) is 9.11. The van der Waals surface area contributed by atoms with Crippen LogP contribution in [-0.4, -0.2) is 63.9 Å². The third-order valence-electron chi connectivity index (χ3n) is 6.21. The van der Waals surface area contributed by atoms with Gasteiger partial charge in [-0.15, -0.1) is 0 Å². The molecule has 0 unspecified atom stereocenters. The van der Waals surface area contributed by atoms with Crippen LogP contribution in [0.1, 0.15) is 28.9 Å². The number of piperidine rings is 1. The number of hydrogen-bond donors (Lipinski definition) is 2. The van der Waals surface area contributed by atoms with Gasteiger partial charge in [0.15, 0.2) is 0 Å². The second-order valence-corrected chi connectivity index (χ2v) is 8.51. The Morgan fingerprint density at radius 3 is 2.48 bits per heavy atom. The number of pyridine rings is 1. The van der Waals surface area contributed by atoms with E-state index in [1.165, 1.54) is 6.07 Å². The van der Waals surface area contributed by atoms with Crippen LogP contribution in [0.25, 0.3) is 22.4 Å². The summed E-state index contributed by atoms with van der Waals surface area (Å²) >= 11 is 0. The van der Waals surface area contributed by atoms with E-state index >= 15 is 0 Å². The fourth-order valence-electron chi connectivity index (χ4n) is 4.28. The molecule has 1 fully saturated rings. The number of nitrogens with zero attached hydrogens (tertiary/aromatic N) is 5. The standard InChI is InChI=1S/C24H28FN7O/c1-14-21(16-5-7-20(26)28-13-16)22(30-24(27)29-14)15-4-6-19(25)18(12-15)23(33)32(3)17-8-10-31(2)11-9-17/h4-7,12-13,17H,8-11H2,1-3H3,(H2,26,28)(H2,27,29,30). The van der Waals surface area contributed by atoms with Gasteiger partial charge in [-0.2, -0.15) is 0 Å². The van der Waals surface area contributed by atoms with Crippen molar-refractivity contribution in [2.24, 2.45) is 0 Å². The van der Waals surface area contributed by atoms with Crippen molar-refractivity contribution in [3.63, 3.8) is 0 Å². The van der Waals surface area contributed by atoms with E-state index in [1.54, 1.807) is 36.3 Å². The summed E-state index contributed by atoms with van der Waals surface area (Å²) in [5.74, 6) is -0.437. The Morgan fingerprint density at radius 1 is 1.12 bits per heavy atom. The first-order valence-electron chi connectivity index (χ1n) is 10.9. The molecule has 0 radical (unpaired) electrons. The SMILES string of the molecule is Cc1nc(N)nc(-c2ccc(F)c(C(=O)N(C)C3CCN(C)CC3)c2)c1-c1ccc(N)nc1. The molecule has 0 aliphatic carbocycles. The summed E-state index contributed by atoms with van der Waals surface area (Å²) in [6, 6.07) is 8.01. The maximum Gasteiger partial charge on any atom is 0.256 e. The highest BCUT2D eigenvalue weighted by Crippen LogP contribution is 2.34. The van der Waals surface area contributed by atoms with E-state index < -0.39 is 5.82 Å². The minimum atomic E-state index is -0.571. The van der Waals surface area contributed by atoms with E-state index in [1.807, 2.05) is 13.0 Å². The largest absolute Gasteiger partial charge is 0.384 e. The third-order valence-corrected chi connectivity index (χ3v) is 6.21. The Hall–Kier alpha value is -3.59. The first-order chi connectivity index (χ1) is 15.7. The fourth-order valence-corrected chi connectivity index (χ4v) is 4.28. The summed E-state index contributed by atoms with van der Waals surface area (Å²) in [4.78, 5) is 30.0. The molecule has 9 heteroatoms. The third kappa shape index (κ3) is 4.63. The van der Waals surface area contributed by atoms with Crippen LogP contribution in [0.4, 0.5) is 16.2 Å². The molecule has 8 nitrogen and oxygen atoms in total. The number of likely N-dealkylation sites (tertiary alicyclic amines) is 1. The number of aryl methyl sites for hydroxylation is 1. The van der Waals surface area contributed by atoms with E-state index in [4.69, 9.17) is 11.5 Å². The van der Waals surface area contributed by atoms with Gasteiger partial charge in [0.2, 0.25) is 5.95 Å². The molecule has 1 saturated heterocycles. The summed E-state index contributed by atoms with van der Waals surface area (Å²) in [7, 11) is 3.80. The summed E-state index contributed by atoms with van der Waals surface area (Å²) < 4.78 is 14.8. The van der Waals surface area contributed by atoms with Crippen LogP contribution in [0.15, 0.2) is 36.5 Å². The second-order valence-electron chi connectivity index (χ2n) is 8.51. The van der Waals surface area contributed by atoms with Gasteiger partial charge in [0, 0.05) is 36.0 Å². The zero-order chi connectivity index (χ0) is 23.7. The number of hydrogen-bond acceptors (Lipinski definition) is 7. The number of rotatable bonds is 4. The molecule has 3 aromatic rings. The summed E-state index contributed by atoms with van der Waals surface area (Å²) in [5.41, 5.74) is 14.8. The van der Waals surface area contributed by atoms with E-state index in [-0.39, 0.29) is 23.5 Å². The molecule has 0 atom stereocenters. The Morgan fingerprint density at radius 2 is 1.82 bits per heavy atom. The van der Waals surface area contributed by atoms with Crippen molar-refractivity contribution in [3.8, 4) is 22.4 Å². The van der Waals surface area contributed by atoms with Crippen molar-refractivity contribution in [1.82, 2.24) is 24.8 Å². The van der Waals surface area contributed by atoms with E-state index in [0.29, 0.717) is 28.3 Å². The van der Waals surface area contributed by atoms with Gasteiger partial charge in [-0.3, -0.25) is 4.79 Å². The molecule has 33 heavy (non-hydrogen) atoms. The molecule has 0 bridgehead atoms. The lowest BCUT2D eigenvalue weighted by molar-refractivity contribution is 0.0655. The molecule has 2 aromatic heterocycles. The number of carbonyl (C=O) groups excluding carboxylic acids is 1. The monoisotopic (exact) mass is 449 g/mol. The van der Waals surface area contributed by atoms with E-state index in [2.05, 4.69) is 26.9 Å². The normalized spacial score (nSPS) is 14.9. The van der Waals surface area contributed by atoms with Gasteiger partial charge in [-0.1, -0.05) is 0 Å². The van der Waals surface area contributed by atoms with Crippen LogP contribution in [-0.2, 0) is 0 Å². The lowest BCUT2D eigenvalue weighted by Crippen LogP contribution is -2.44. The molecule has 1 aliphatic heterocycles. The number of nitrogen functional groups attached to an aromatic ring is 2. The van der Waals surface area contributed by atoms with Crippen LogP contribution in [0.5, 0.6) is 0 Å². The molecule has 1 aromatic carbocycles. The van der Waals surface area contributed by atoms with Gasteiger partial charge in [0.1, 0.15) is 11.6 Å². The molecule has 0 spiro atoms. The average molecular weight is 450 g/mol. The van der Waals surface area contributed by atoms with Gasteiger partial charge in [-0.05, 0) is 70.2 Å². The number of carbonyl (C=O) groups is 1. The van der Waals surface area contributed by atoms with Gasteiger partial charge in [-0.25, -0.2) is 19.3 Å². The molecule has 1 aliphatic rings. The smallest absolute Gasteiger partial charge is 0.256 e. The lowest BCUT2D eigenvalue weighted by Gasteiger charge is -2.35. The first kappa shape index (κ1) is 22.6. The van der Waals surface area contributed by atoms with Crippen molar-refractivity contribution >= 4 is 17.7 Å². The fraction of sp³-hybridized carbons (Fsp3) is 0.333. The van der Waals surface area contributed by atoms with Gasteiger partial charge in [0.25, 0.3) is 5.91 Å². The van der Waals surface area contributed by atoms with Crippen molar-refractivity contribution in [2.75, 3.05) is 38.7 Å². The van der Waals surface area contributed by atoms with Crippen LogP contribution in [0.2, 0.25) is 0 Å². The molecule has 3 heterocycles. The van der Waals surface area contributed by atoms with Crippen LogP contribution in [0, 0.1) is 12.7 Å². The van der Waals surface area contributed by atoms with Crippen LogP contribution >= 0.6 is 0 Å². The highest BCUT2D eigenvalue weighted by molar-refractivity contribution is 5.96. The van der Waals surface area contributed by atoms with Crippen molar-refractivity contribution in [1.29, 1.82) is 0 Å². The number of nitrogens with two attached hydrogens (primary N) is 2. The van der Waals surface area contributed by atoms with E-state index in [0.717, 1.165) is 31.5 Å². The Labute approximate surface area is 192 Å². The number of halogens is 1. The summed E-state index contributed by atoms with van der Waals surface area (Å²) in [6.07, 6.45) is 3.34. The van der Waals surface area contributed by atoms with Crippen molar-refractivity contribution in [2.45, 2.75) is 25.8 Å². The maximum atomic E-state index is 14.8. The Kier molecular flexibility index (Phi) is 6.24. The zero-order valence-corrected chi connectivity index (χ0v) is 19.0. The van der Waals surface area contributed by atoms with Crippen LogP contribution < -0.4 is 11.5 Å². The number of anilines is 2. The minimum absolute atomic E-state index is 0.00476. The van der Waals surface area contributed by atoms with Gasteiger partial charge in [0.05, 0.1) is 17.0 Å². The van der Waals surface area contributed by atoms with Gasteiger partial charge >= 0.3 is 0 Å². The topological polar surface area (TPSA) is 114 Å². The quantitative estimate of drug-likeness (QED) is 0.629. The minimum Gasteiger partial charge on any atom is -0.384 e. The summed E-state index contributed by atoms with van der Waals surface area (Å²) in [6.45, 7) is 3.63. The molecular formula is C24H28FN7O. The zero-order valence-electron chi connectivity index (χ0n) is 19.0. The van der Waals surface area contributed by atoms with Gasteiger partial charge < -0.3 is 21.3 Å². The number of aromatic nitrogens is 3. The van der Waals surface area contributed by atoms with Crippen molar-refractivity contribution < 1.29 is 9.18 Å². The molecule has 0 saturated carbocycles. The predicted octanol–water partition coefficient (Wildman–Crippen LogP) is 2.98.